The summed E-state index contributed by atoms with van der Waals surface area (Å²) in [5.74, 6) is 0. The Morgan fingerprint density at radius 3 is 2.17 bits per heavy atom. The number of hydrogen-bond donors (Lipinski definition) is 0. The summed E-state index contributed by atoms with van der Waals surface area (Å²) in [6.45, 7) is 4.50. The molecule has 0 radical (unpaired) electrons. The largest absolute Gasteiger partial charge is 1.00 e. The first-order valence-corrected chi connectivity index (χ1v) is 5.15. The molecule has 0 fully saturated rings. The summed E-state index contributed by atoms with van der Waals surface area (Å²) >= 11 is 1.61. The van der Waals surface area contributed by atoms with E-state index >= 15 is 0 Å². The van der Waals surface area contributed by atoms with Gasteiger partial charge in [-0.15, -0.1) is 0 Å². The van der Waals surface area contributed by atoms with E-state index < -0.39 is 0 Å². The van der Waals surface area contributed by atoms with E-state index in [4.69, 9.17) is 0 Å². The van der Waals surface area contributed by atoms with Gasteiger partial charge in [0.05, 0.1) is 0 Å². The fourth-order valence-electron chi connectivity index (χ4n) is 1.46. The van der Waals surface area contributed by atoms with E-state index in [-0.39, 0.29) is 48.0 Å². The first-order chi connectivity index (χ1) is 4.79. The molecule has 0 spiro atoms. The predicted molar refractivity (Wildman–Crippen MR) is 40.3 cm³/mol. The van der Waals surface area contributed by atoms with Crippen molar-refractivity contribution in [1.82, 2.24) is 0 Å². The maximum Gasteiger partial charge on any atom is -1.00 e. The third-order valence-corrected chi connectivity index (χ3v) is 3.28. The summed E-state index contributed by atoms with van der Waals surface area (Å²) in [6.07, 6.45) is 6.09. The van der Waals surface area contributed by atoms with Gasteiger partial charge in [0.2, 0.25) is 0 Å². The van der Waals surface area contributed by atoms with Crippen molar-refractivity contribution in [1.29, 1.82) is 0 Å². The average Bonchev–Trinajstić information content (AvgIpc) is 2.30. The van der Waals surface area contributed by atoms with Crippen LogP contribution in [0.3, 0.4) is 0 Å². The Morgan fingerprint density at radius 2 is 1.83 bits per heavy atom. The fraction of sp³-hybridized carbons (Fsp3) is 0.556. The van der Waals surface area contributed by atoms with Gasteiger partial charge in [-0.2, -0.15) is 0 Å². The molecule has 1 aliphatic carbocycles. The van der Waals surface area contributed by atoms with Crippen LogP contribution in [0.1, 0.15) is 33.1 Å². The maximum absolute atomic E-state index is 2.39. The zero-order valence-electron chi connectivity index (χ0n) is 7.45. The zero-order chi connectivity index (χ0) is 7.56. The van der Waals surface area contributed by atoms with E-state index in [0.717, 1.165) is 0 Å². The van der Waals surface area contributed by atoms with Gasteiger partial charge < -0.3 is 48.0 Å². The first-order valence-electron chi connectivity index (χ1n) is 3.92. The molecule has 0 heterocycles. The van der Waals surface area contributed by atoms with Crippen LogP contribution in [0.2, 0.25) is 0 Å². The minimum atomic E-state index is 0. The van der Waals surface area contributed by atoms with E-state index in [9.17, 15) is 0 Å². The summed E-state index contributed by atoms with van der Waals surface area (Å²) in [7, 11) is 0. The molecule has 0 nitrogen and oxygen atoms in total. The van der Waals surface area contributed by atoms with Gasteiger partial charge >= 0.3 is 78.3 Å². The zero-order valence-corrected chi connectivity index (χ0v) is 14.2. The molecule has 0 N–H and O–H groups in total. The van der Waals surface area contributed by atoms with Crippen molar-refractivity contribution in [2.75, 3.05) is 0 Å². The van der Waals surface area contributed by atoms with E-state index in [1.165, 1.54) is 19.3 Å². The Morgan fingerprint density at radius 1 is 1.25 bits per heavy atom. The number of hydrogen-bond acceptors (Lipinski definition) is 0. The van der Waals surface area contributed by atoms with Crippen LogP contribution in [-0.2, 0) is 24.7 Å². The Hall–Kier alpha value is 1.82. The smallest absolute Gasteiger partial charge is 1.00 e. The fourth-order valence-corrected chi connectivity index (χ4v) is 2.54. The average molecular weight is 466 g/mol. The molecule has 0 amide bonds. The van der Waals surface area contributed by atoms with Gasteiger partial charge in [0.25, 0.3) is 0 Å². The van der Waals surface area contributed by atoms with E-state index in [1.807, 2.05) is 0 Å². The van der Waals surface area contributed by atoms with Gasteiger partial charge in [0.1, 0.15) is 0 Å². The van der Waals surface area contributed by atoms with Gasteiger partial charge in [-0.1, -0.05) is 0 Å². The van der Waals surface area contributed by atoms with Crippen molar-refractivity contribution in [3.05, 3.63) is 20.5 Å². The SMILES string of the molecule is CCC1=CC[C]([Zr+2])=C1CC.[I-].[I-]. The van der Waals surface area contributed by atoms with Crippen LogP contribution in [0.15, 0.2) is 20.5 Å². The first kappa shape index (κ1) is 16.3. The third kappa shape index (κ3) is 3.91. The number of allylic oxidation sites excluding steroid dienone is 4. The van der Waals surface area contributed by atoms with Crippen molar-refractivity contribution in [2.45, 2.75) is 33.1 Å². The minimum Gasteiger partial charge on any atom is -1.00 e. The van der Waals surface area contributed by atoms with Gasteiger partial charge in [-0.25, -0.2) is 0 Å². The summed E-state index contributed by atoms with van der Waals surface area (Å²) in [5.41, 5.74) is 3.26. The van der Waals surface area contributed by atoms with Gasteiger partial charge in [-0.3, -0.25) is 0 Å². The topological polar surface area (TPSA) is 0 Å². The second-order valence-electron chi connectivity index (χ2n) is 2.60. The third-order valence-electron chi connectivity index (χ3n) is 2.04. The Bertz CT molecular complexity index is 195. The molecule has 0 saturated carbocycles. The molecule has 0 unspecified atom stereocenters. The molecule has 0 aromatic heterocycles. The summed E-state index contributed by atoms with van der Waals surface area (Å²) < 4.78 is 1.67. The van der Waals surface area contributed by atoms with E-state index in [1.54, 1.807) is 39.1 Å². The Kier molecular flexibility index (Phi) is 11.1. The molecule has 0 saturated heterocycles. The quantitative estimate of drug-likeness (QED) is 0.380. The van der Waals surface area contributed by atoms with Gasteiger partial charge in [0, 0.05) is 0 Å². The van der Waals surface area contributed by atoms with Crippen molar-refractivity contribution in [3.63, 3.8) is 0 Å². The monoisotopic (exact) mass is 465 g/mol. The van der Waals surface area contributed by atoms with Crippen molar-refractivity contribution in [2.24, 2.45) is 0 Å². The molecular formula is C9H13I2Zr. The van der Waals surface area contributed by atoms with Crippen LogP contribution in [0, 0.1) is 0 Å². The predicted octanol–water partition coefficient (Wildman–Crippen LogP) is -3.05. The Balaban J connectivity index is 0. The van der Waals surface area contributed by atoms with Crippen molar-refractivity contribution < 1.29 is 72.7 Å². The Labute approximate surface area is 125 Å². The van der Waals surface area contributed by atoms with E-state index in [0.29, 0.717) is 0 Å². The van der Waals surface area contributed by atoms with Crippen LogP contribution in [0.5, 0.6) is 0 Å². The van der Waals surface area contributed by atoms with Crippen LogP contribution < -0.4 is 48.0 Å². The van der Waals surface area contributed by atoms with Crippen molar-refractivity contribution >= 4 is 0 Å². The van der Waals surface area contributed by atoms with Crippen LogP contribution in [0.25, 0.3) is 0 Å². The molecule has 0 aromatic rings. The summed E-state index contributed by atoms with van der Waals surface area (Å²) in [6, 6.07) is 0. The molecule has 12 heavy (non-hydrogen) atoms. The molecule has 0 bridgehead atoms. The molecule has 1 rings (SSSR count). The van der Waals surface area contributed by atoms with Gasteiger partial charge in [0.15, 0.2) is 0 Å². The van der Waals surface area contributed by atoms with Crippen molar-refractivity contribution in [3.8, 4) is 0 Å². The molecule has 1 aliphatic rings. The van der Waals surface area contributed by atoms with Crippen LogP contribution >= 0.6 is 0 Å². The normalized spacial score (nSPS) is 15.2. The number of halogens is 2. The van der Waals surface area contributed by atoms with Gasteiger partial charge in [-0.05, 0) is 0 Å². The number of rotatable bonds is 2. The molecule has 3 heteroatoms. The van der Waals surface area contributed by atoms with Crippen LogP contribution in [-0.4, -0.2) is 0 Å². The second-order valence-corrected chi connectivity index (χ2v) is 4.08. The van der Waals surface area contributed by atoms with E-state index in [2.05, 4.69) is 19.9 Å². The molecule has 0 aromatic carbocycles. The standard InChI is InChI=1S/C9H13.2HI.Zr/c1-3-8-6-5-7-9(8)4-2;;;/h6H,3-5H2,1-2H3;2*1H;/q;;;+2/p-2. The molecule has 0 atom stereocenters. The summed E-state index contributed by atoms with van der Waals surface area (Å²) in [5, 5.41) is 0. The van der Waals surface area contributed by atoms with Crippen LogP contribution in [0.4, 0.5) is 0 Å². The second kappa shape index (κ2) is 8.16. The minimum absolute atomic E-state index is 0. The molecule has 67 valence electrons. The molecular weight excluding hydrogens is 453 g/mol. The summed E-state index contributed by atoms with van der Waals surface area (Å²) in [4.78, 5) is 0. The molecule has 0 aliphatic heterocycles. The maximum atomic E-state index is 2.39.